The minimum absolute atomic E-state index is 0.0147. The summed E-state index contributed by atoms with van der Waals surface area (Å²) < 4.78 is 24.1. The molecule has 0 saturated carbocycles. The third kappa shape index (κ3) is 3.46. The number of ether oxygens (including phenoxy) is 2. The fraction of sp³-hybridized carbons (Fsp3) is 0.429. The molecule has 18 heavy (non-hydrogen) atoms. The molecule has 1 aromatic rings. The smallest absolute Gasteiger partial charge is 0.138 e. The zero-order valence-corrected chi connectivity index (χ0v) is 9.99. The summed E-state index contributed by atoms with van der Waals surface area (Å²) in [5.41, 5.74) is 0.636. The van der Waals surface area contributed by atoms with Crippen LogP contribution in [-0.4, -0.2) is 31.0 Å². The van der Waals surface area contributed by atoms with Crippen molar-refractivity contribution in [1.29, 1.82) is 0 Å². The van der Waals surface area contributed by atoms with Crippen molar-refractivity contribution < 1.29 is 19.0 Å². The molecule has 3 nitrogen and oxygen atoms in total. The molecular weight excluding hydrogens is 235 g/mol. The van der Waals surface area contributed by atoms with Crippen LogP contribution in [0.3, 0.4) is 0 Å². The topological polar surface area (TPSA) is 38.7 Å². The van der Waals surface area contributed by atoms with E-state index >= 15 is 0 Å². The van der Waals surface area contributed by atoms with E-state index in [0.717, 1.165) is 6.42 Å². The van der Waals surface area contributed by atoms with E-state index in [9.17, 15) is 4.39 Å². The van der Waals surface area contributed by atoms with Crippen molar-refractivity contribution in [3.8, 4) is 17.6 Å². The Labute approximate surface area is 106 Å². The Balaban J connectivity index is 2.15. The molecule has 96 valence electrons. The van der Waals surface area contributed by atoms with Gasteiger partial charge in [-0.1, -0.05) is 11.8 Å². The first-order valence-electron chi connectivity index (χ1n) is 5.93. The normalized spacial score (nSPS) is 18.2. The van der Waals surface area contributed by atoms with Crippen molar-refractivity contribution in [2.75, 3.05) is 19.8 Å². The summed E-state index contributed by atoms with van der Waals surface area (Å²) in [7, 11) is 0. The van der Waals surface area contributed by atoms with E-state index in [0.29, 0.717) is 30.9 Å². The molecule has 1 atom stereocenters. The van der Waals surface area contributed by atoms with Crippen molar-refractivity contribution >= 4 is 0 Å². The van der Waals surface area contributed by atoms with Crippen molar-refractivity contribution in [2.45, 2.75) is 18.9 Å². The molecule has 0 aromatic heterocycles. The SMILES string of the molecule is OCCC#Cc1ccc(F)cc1OC1CCOC1. The highest BCUT2D eigenvalue weighted by atomic mass is 19.1. The molecule has 0 spiro atoms. The first kappa shape index (κ1) is 12.9. The van der Waals surface area contributed by atoms with Crippen LogP contribution in [0.25, 0.3) is 0 Å². The predicted octanol–water partition coefficient (Wildman–Crippen LogP) is 1.73. The summed E-state index contributed by atoms with van der Waals surface area (Å²) in [6.45, 7) is 1.21. The van der Waals surface area contributed by atoms with Crippen LogP contribution in [0.5, 0.6) is 5.75 Å². The summed E-state index contributed by atoms with van der Waals surface area (Å²) in [6.07, 6.45) is 1.16. The Morgan fingerprint density at radius 2 is 2.39 bits per heavy atom. The molecule has 0 bridgehead atoms. The van der Waals surface area contributed by atoms with Gasteiger partial charge in [-0.15, -0.1) is 0 Å². The molecule has 0 amide bonds. The van der Waals surface area contributed by atoms with Crippen molar-refractivity contribution in [2.24, 2.45) is 0 Å². The Hall–Kier alpha value is -1.57. The van der Waals surface area contributed by atoms with Crippen LogP contribution >= 0.6 is 0 Å². The molecule has 1 unspecified atom stereocenters. The van der Waals surface area contributed by atoms with E-state index in [1.165, 1.54) is 12.1 Å². The highest BCUT2D eigenvalue weighted by molar-refractivity contribution is 5.46. The van der Waals surface area contributed by atoms with Gasteiger partial charge in [0.05, 0.1) is 25.4 Å². The Morgan fingerprint density at radius 3 is 3.11 bits per heavy atom. The van der Waals surface area contributed by atoms with Crippen LogP contribution < -0.4 is 4.74 Å². The number of hydrogen-bond acceptors (Lipinski definition) is 3. The van der Waals surface area contributed by atoms with E-state index < -0.39 is 0 Å². The fourth-order valence-corrected chi connectivity index (χ4v) is 1.70. The molecule has 2 rings (SSSR count). The molecule has 1 aliphatic rings. The van der Waals surface area contributed by atoms with Crippen LogP contribution in [0.1, 0.15) is 18.4 Å². The predicted molar refractivity (Wildman–Crippen MR) is 64.8 cm³/mol. The molecule has 0 radical (unpaired) electrons. The molecule has 1 aliphatic heterocycles. The van der Waals surface area contributed by atoms with Gasteiger partial charge in [-0.3, -0.25) is 0 Å². The molecule has 1 N–H and O–H groups in total. The summed E-state index contributed by atoms with van der Waals surface area (Å²) >= 11 is 0. The van der Waals surface area contributed by atoms with Gasteiger partial charge in [0.2, 0.25) is 0 Å². The molecule has 1 heterocycles. The van der Waals surface area contributed by atoms with Crippen LogP contribution in [-0.2, 0) is 4.74 Å². The highest BCUT2D eigenvalue weighted by Crippen LogP contribution is 2.22. The lowest BCUT2D eigenvalue weighted by Gasteiger charge is -2.13. The van der Waals surface area contributed by atoms with Gasteiger partial charge in [0.15, 0.2) is 0 Å². The maximum absolute atomic E-state index is 13.2. The van der Waals surface area contributed by atoms with Crippen LogP contribution in [0.4, 0.5) is 4.39 Å². The maximum Gasteiger partial charge on any atom is 0.138 e. The van der Waals surface area contributed by atoms with Crippen LogP contribution in [0.15, 0.2) is 18.2 Å². The Bertz CT molecular complexity index is 456. The Morgan fingerprint density at radius 1 is 1.50 bits per heavy atom. The third-order valence-electron chi connectivity index (χ3n) is 2.59. The van der Waals surface area contributed by atoms with E-state index in [2.05, 4.69) is 11.8 Å². The standard InChI is InChI=1S/C14H15FO3/c15-12-5-4-11(3-1-2-7-16)14(9-12)18-13-6-8-17-10-13/h4-5,9,13,16H,2,6-8,10H2. The average Bonchev–Trinajstić information content (AvgIpc) is 2.85. The van der Waals surface area contributed by atoms with Gasteiger partial charge < -0.3 is 14.6 Å². The van der Waals surface area contributed by atoms with Crippen LogP contribution in [0, 0.1) is 17.7 Å². The first-order chi connectivity index (χ1) is 8.79. The second kappa shape index (κ2) is 6.39. The third-order valence-corrected chi connectivity index (χ3v) is 2.59. The number of aliphatic hydroxyl groups excluding tert-OH is 1. The van der Waals surface area contributed by atoms with Gasteiger partial charge in [0.25, 0.3) is 0 Å². The lowest BCUT2D eigenvalue weighted by atomic mass is 10.2. The molecule has 0 aliphatic carbocycles. The molecule has 1 aromatic carbocycles. The fourth-order valence-electron chi connectivity index (χ4n) is 1.70. The van der Waals surface area contributed by atoms with Crippen molar-refractivity contribution in [3.63, 3.8) is 0 Å². The summed E-state index contributed by atoms with van der Waals surface area (Å²) in [5, 5.41) is 8.68. The number of benzene rings is 1. The largest absolute Gasteiger partial charge is 0.487 e. The molecule has 1 fully saturated rings. The van der Waals surface area contributed by atoms with E-state index in [4.69, 9.17) is 14.6 Å². The lowest BCUT2D eigenvalue weighted by molar-refractivity contribution is 0.141. The average molecular weight is 250 g/mol. The lowest BCUT2D eigenvalue weighted by Crippen LogP contribution is -2.16. The van der Waals surface area contributed by atoms with E-state index in [-0.39, 0.29) is 18.5 Å². The van der Waals surface area contributed by atoms with Crippen molar-refractivity contribution in [1.82, 2.24) is 0 Å². The molecule has 1 saturated heterocycles. The van der Waals surface area contributed by atoms with Crippen LogP contribution in [0.2, 0.25) is 0 Å². The van der Waals surface area contributed by atoms with Gasteiger partial charge in [-0.2, -0.15) is 0 Å². The van der Waals surface area contributed by atoms with Gasteiger partial charge in [-0.05, 0) is 12.1 Å². The van der Waals surface area contributed by atoms with Gasteiger partial charge in [-0.25, -0.2) is 4.39 Å². The number of halogens is 1. The zero-order chi connectivity index (χ0) is 12.8. The molecule has 4 heteroatoms. The van der Waals surface area contributed by atoms with E-state index in [1.54, 1.807) is 6.07 Å². The number of rotatable bonds is 3. The minimum atomic E-state index is -0.350. The van der Waals surface area contributed by atoms with Gasteiger partial charge in [0, 0.05) is 18.9 Å². The monoisotopic (exact) mass is 250 g/mol. The first-order valence-corrected chi connectivity index (χ1v) is 5.93. The quantitative estimate of drug-likeness (QED) is 0.830. The van der Waals surface area contributed by atoms with Gasteiger partial charge >= 0.3 is 0 Å². The Kier molecular flexibility index (Phi) is 4.57. The van der Waals surface area contributed by atoms with E-state index in [1.807, 2.05) is 0 Å². The summed E-state index contributed by atoms with van der Waals surface area (Å²) in [6, 6.07) is 4.27. The second-order valence-corrected chi connectivity index (χ2v) is 4.02. The second-order valence-electron chi connectivity index (χ2n) is 4.02. The zero-order valence-electron chi connectivity index (χ0n) is 9.99. The van der Waals surface area contributed by atoms with Gasteiger partial charge in [0.1, 0.15) is 17.7 Å². The van der Waals surface area contributed by atoms with Crippen molar-refractivity contribution in [3.05, 3.63) is 29.6 Å². The number of hydrogen-bond donors (Lipinski definition) is 1. The maximum atomic E-state index is 13.2. The summed E-state index contributed by atoms with van der Waals surface area (Å²) in [4.78, 5) is 0. The minimum Gasteiger partial charge on any atom is -0.487 e. The highest BCUT2D eigenvalue weighted by Gasteiger charge is 2.18. The number of aliphatic hydroxyl groups is 1. The molecular formula is C14H15FO3. The summed E-state index contributed by atoms with van der Waals surface area (Å²) in [5.74, 6) is 5.77.